The zero-order valence-corrected chi connectivity index (χ0v) is 12.5. The Kier molecular flexibility index (Phi) is 8.19. The Labute approximate surface area is 123 Å². The van der Waals surface area contributed by atoms with Crippen LogP contribution in [0.4, 0.5) is 13.2 Å². The van der Waals surface area contributed by atoms with Gasteiger partial charge < -0.3 is 10.6 Å². The van der Waals surface area contributed by atoms with Gasteiger partial charge in [0.15, 0.2) is 0 Å². The summed E-state index contributed by atoms with van der Waals surface area (Å²) in [5, 5.41) is 5.43. The van der Waals surface area contributed by atoms with E-state index in [0.717, 1.165) is 16.8 Å². The highest BCUT2D eigenvalue weighted by atomic mass is 19.4. The summed E-state index contributed by atoms with van der Waals surface area (Å²) in [5.41, 5.74) is 2.79. The predicted molar refractivity (Wildman–Crippen MR) is 78.5 cm³/mol. The van der Waals surface area contributed by atoms with Gasteiger partial charge in [-0.1, -0.05) is 17.7 Å². The van der Waals surface area contributed by atoms with Gasteiger partial charge in [0, 0.05) is 30.9 Å². The summed E-state index contributed by atoms with van der Waals surface area (Å²) in [6, 6.07) is 0. The number of carbonyl (C=O) groups excluding carboxylic acids is 1. The van der Waals surface area contributed by atoms with Crippen LogP contribution < -0.4 is 10.6 Å². The third kappa shape index (κ3) is 12.8. The normalized spacial score (nSPS) is 12.2. The smallest absolute Gasteiger partial charge is 0.383 e. The Morgan fingerprint density at radius 1 is 1.10 bits per heavy atom. The molecule has 2 N–H and O–H groups in total. The van der Waals surface area contributed by atoms with E-state index in [1.807, 2.05) is 32.9 Å². The fourth-order valence-corrected chi connectivity index (χ4v) is 1.34. The second-order valence-electron chi connectivity index (χ2n) is 4.76. The molecule has 0 rings (SSSR count). The Morgan fingerprint density at radius 2 is 1.67 bits per heavy atom. The number of hydrogen-bond acceptors (Lipinski definition) is 2. The number of amides is 1. The molecule has 21 heavy (non-hydrogen) atoms. The zero-order chi connectivity index (χ0) is 16.5. The summed E-state index contributed by atoms with van der Waals surface area (Å²) in [7, 11) is 0. The maximum atomic E-state index is 11.9. The molecule has 3 nitrogen and oxygen atoms in total. The SMILES string of the molecule is C=C(C)/C=C(\C=C(C)C)NCCNC(=O)/C=C/C(F)(F)F. The summed E-state index contributed by atoms with van der Waals surface area (Å²) in [5.74, 6) is -0.776. The van der Waals surface area contributed by atoms with E-state index in [2.05, 4.69) is 17.2 Å². The Balaban J connectivity index is 4.24. The van der Waals surface area contributed by atoms with Crippen molar-refractivity contribution in [1.29, 1.82) is 0 Å². The molecule has 6 heteroatoms. The first-order valence-corrected chi connectivity index (χ1v) is 6.40. The number of carbonyl (C=O) groups is 1. The lowest BCUT2D eigenvalue weighted by Crippen LogP contribution is -2.30. The molecule has 0 saturated heterocycles. The molecule has 0 radical (unpaired) electrons. The van der Waals surface area contributed by atoms with Crippen molar-refractivity contribution >= 4 is 5.91 Å². The van der Waals surface area contributed by atoms with Crippen molar-refractivity contribution < 1.29 is 18.0 Å². The van der Waals surface area contributed by atoms with Crippen LogP contribution in [0.25, 0.3) is 0 Å². The maximum absolute atomic E-state index is 11.9. The first-order chi connectivity index (χ1) is 9.60. The van der Waals surface area contributed by atoms with Crippen LogP contribution in [-0.4, -0.2) is 25.2 Å². The van der Waals surface area contributed by atoms with Gasteiger partial charge >= 0.3 is 6.18 Å². The van der Waals surface area contributed by atoms with Crippen molar-refractivity contribution in [1.82, 2.24) is 10.6 Å². The molecule has 0 atom stereocenters. The number of rotatable bonds is 7. The van der Waals surface area contributed by atoms with Crippen LogP contribution in [0.1, 0.15) is 20.8 Å². The fraction of sp³-hybridized carbons (Fsp3) is 0.400. The highest BCUT2D eigenvalue weighted by Gasteiger charge is 2.22. The number of halogens is 3. The number of alkyl halides is 3. The maximum Gasteiger partial charge on any atom is 0.409 e. The van der Waals surface area contributed by atoms with Gasteiger partial charge in [0.25, 0.3) is 0 Å². The number of hydrogen-bond donors (Lipinski definition) is 2. The lowest BCUT2D eigenvalue weighted by molar-refractivity contribution is -0.117. The van der Waals surface area contributed by atoms with Crippen molar-refractivity contribution in [3.8, 4) is 0 Å². The van der Waals surface area contributed by atoms with E-state index < -0.39 is 12.1 Å². The Morgan fingerprint density at radius 3 is 2.14 bits per heavy atom. The van der Waals surface area contributed by atoms with Gasteiger partial charge in [0.05, 0.1) is 0 Å². The minimum Gasteiger partial charge on any atom is -0.383 e. The van der Waals surface area contributed by atoms with Crippen LogP contribution in [0.15, 0.2) is 47.7 Å². The summed E-state index contributed by atoms with van der Waals surface area (Å²) in [6.45, 7) is 10.1. The van der Waals surface area contributed by atoms with Gasteiger partial charge in [-0.2, -0.15) is 13.2 Å². The van der Waals surface area contributed by atoms with E-state index in [1.54, 1.807) is 0 Å². The minimum absolute atomic E-state index is 0.0919. The van der Waals surface area contributed by atoms with E-state index in [4.69, 9.17) is 0 Å². The summed E-state index contributed by atoms with van der Waals surface area (Å²) in [6.07, 6.45) is -0.332. The van der Waals surface area contributed by atoms with Gasteiger partial charge in [0.2, 0.25) is 5.91 Å². The van der Waals surface area contributed by atoms with Crippen LogP contribution in [0.5, 0.6) is 0 Å². The highest BCUT2D eigenvalue weighted by Crippen LogP contribution is 2.15. The van der Waals surface area contributed by atoms with Crippen LogP contribution in [0.3, 0.4) is 0 Å². The quantitative estimate of drug-likeness (QED) is 0.431. The molecule has 0 aromatic rings. The van der Waals surface area contributed by atoms with Gasteiger partial charge in [0.1, 0.15) is 0 Å². The molecule has 0 bridgehead atoms. The average Bonchev–Trinajstić information content (AvgIpc) is 2.29. The molecule has 0 aliphatic carbocycles. The second kappa shape index (κ2) is 9.05. The predicted octanol–water partition coefficient (Wildman–Crippen LogP) is 3.24. The Bertz CT molecular complexity index is 456. The zero-order valence-electron chi connectivity index (χ0n) is 12.5. The lowest BCUT2D eigenvalue weighted by atomic mass is 10.2. The standard InChI is InChI=1S/C15H21F3N2O/c1-11(2)9-13(10-12(3)4)19-7-8-20-14(21)5-6-15(16,17)18/h5-6,9-10,19H,1,7-8H2,2-4H3,(H,20,21)/b6-5+,13-9+. The summed E-state index contributed by atoms with van der Waals surface area (Å²) in [4.78, 5) is 11.1. The molecule has 0 heterocycles. The molecule has 0 saturated carbocycles. The molecule has 1 amide bonds. The highest BCUT2D eigenvalue weighted by molar-refractivity contribution is 5.87. The molecule has 0 aliphatic heterocycles. The average molecular weight is 302 g/mol. The first-order valence-electron chi connectivity index (χ1n) is 6.40. The number of nitrogens with one attached hydrogen (secondary N) is 2. The summed E-state index contributed by atoms with van der Waals surface area (Å²) >= 11 is 0. The van der Waals surface area contributed by atoms with Crippen LogP contribution in [0.2, 0.25) is 0 Å². The summed E-state index contributed by atoms with van der Waals surface area (Å²) < 4.78 is 35.6. The van der Waals surface area contributed by atoms with E-state index in [9.17, 15) is 18.0 Å². The van der Waals surface area contributed by atoms with Crippen molar-refractivity contribution in [3.05, 3.63) is 47.7 Å². The molecule has 118 valence electrons. The molecule has 0 aromatic heterocycles. The fourth-order valence-electron chi connectivity index (χ4n) is 1.34. The third-order valence-electron chi connectivity index (χ3n) is 2.02. The second-order valence-corrected chi connectivity index (χ2v) is 4.76. The minimum atomic E-state index is -4.48. The van der Waals surface area contributed by atoms with Crippen molar-refractivity contribution in [2.24, 2.45) is 0 Å². The van der Waals surface area contributed by atoms with Crippen molar-refractivity contribution in [2.45, 2.75) is 26.9 Å². The van der Waals surface area contributed by atoms with Crippen LogP contribution in [0, 0.1) is 0 Å². The molecular weight excluding hydrogens is 281 g/mol. The molecule has 0 aromatic carbocycles. The first kappa shape index (κ1) is 19.0. The molecule has 0 unspecified atom stereocenters. The van der Waals surface area contributed by atoms with Gasteiger partial charge in [-0.05, 0) is 32.9 Å². The molecule has 0 aliphatic rings. The topological polar surface area (TPSA) is 41.1 Å². The van der Waals surface area contributed by atoms with Crippen LogP contribution >= 0.6 is 0 Å². The van der Waals surface area contributed by atoms with E-state index in [-0.39, 0.29) is 12.6 Å². The molecule has 0 spiro atoms. The third-order valence-corrected chi connectivity index (χ3v) is 2.02. The largest absolute Gasteiger partial charge is 0.409 e. The monoisotopic (exact) mass is 302 g/mol. The van der Waals surface area contributed by atoms with E-state index in [1.165, 1.54) is 0 Å². The van der Waals surface area contributed by atoms with Gasteiger partial charge in [-0.3, -0.25) is 4.79 Å². The van der Waals surface area contributed by atoms with E-state index in [0.29, 0.717) is 12.6 Å². The van der Waals surface area contributed by atoms with Gasteiger partial charge in [-0.25, -0.2) is 0 Å². The lowest BCUT2D eigenvalue weighted by Gasteiger charge is -2.09. The number of allylic oxidation sites excluding steroid dienone is 5. The molecule has 0 fully saturated rings. The Hall–Kier alpha value is -1.98. The van der Waals surface area contributed by atoms with Gasteiger partial charge in [-0.15, -0.1) is 0 Å². The van der Waals surface area contributed by atoms with Crippen molar-refractivity contribution in [2.75, 3.05) is 13.1 Å². The molecular formula is C15H21F3N2O. The van der Waals surface area contributed by atoms with E-state index >= 15 is 0 Å². The van der Waals surface area contributed by atoms with Crippen LogP contribution in [-0.2, 0) is 4.79 Å². The van der Waals surface area contributed by atoms with Crippen molar-refractivity contribution in [3.63, 3.8) is 0 Å².